The van der Waals surface area contributed by atoms with Crippen molar-refractivity contribution >= 4 is 17.5 Å². The summed E-state index contributed by atoms with van der Waals surface area (Å²) in [6.45, 7) is 3.31. The molecule has 1 amide bonds. The number of carbonyl (C=O) groups is 1. The number of ether oxygens (including phenoxy) is 1. The van der Waals surface area contributed by atoms with Crippen LogP contribution in [0.25, 0.3) is 0 Å². The lowest BCUT2D eigenvalue weighted by Crippen LogP contribution is -2.33. The van der Waals surface area contributed by atoms with E-state index in [1.54, 1.807) is 0 Å². The Labute approximate surface area is 83.8 Å². The maximum atomic E-state index is 11.1. The van der Waals surface area contributed by atoms with E-state index in [1.807, 2.05) is 6.92 Å². The summed E-state index contributed by atoms with van der Waals surface area (Å²) in [4.78, 5) is 11.1. The molecule has 1 N–H and O–H groups in total. The van der Waals surface area contributed by atoms with Gasteiger partial charge in [0.1, 0.15) is 6.61 Å². The number of nitrogens with one attached hydrogen (secondary N) is 1. The third-order valence-electron chi connectivity index (χ3n) is 2.34. The van der Waals surface area contributed by atoms with Gasteiger partial charge in [-0.1, -0.05) is 0 Å². The van der Waals surface area contributed by atoms with E-state index in [0.717, 1.165) is 12.8 Å². The fourth-order valence-electron chi connectivity index (χ4n) is 1.07. The van der Waals surface area contributed by atoms with Gasteiger partial charge in [0.2, 0.25) is 5.91 Å². The fourth-order valence-corrected chi connectivity index (χ4v) is 1.43. The maximum Gasteiger partial charge on any atom is 0.246 e. The molecule has 1 rings (SSSR count). The van der Waals surface area contributed by atoms with Gasteiger partial charge in [-0.15, -0.1) is 11.6 Å². The van der Waals surface area contributed by atoms with E-state index >= 15 is 0 Å². The molecule has 0 unspecified atom stereocenters. The molecule has 1 fully saturated rings. The van der Waals surface area contributed by atoms with Crippen molar-refractivity contribution in [2.24, 2.45) is 5.41 Å². The Morgan fingerprint density at radius 1 is 1.62 bits per heavy atom. The Bertz CT molecular complexity index is 180. The van der Waals surface area contributed by atoms with Gasteiger partial charge in [-0.05, 0) is 19.8 Å². The highest BCUT2D eigenvalue weighted by molar-refractivity contribution is 6.18. The van der Waals surface area contributed by atoms with Gasteiger partial charge in [0.25, 0.3) is 0 Å². The molecule has 13 heavy (non-hydrogen) atoms. The number of amides is 1. The van der Waals surface area contributed by atoms with Crippen LogP contribution in [0, 0.1) is 5.41 Å². The Hall–Kier alpha value is -0.280. The minimum Gasteiger partial charge on any atom is -0.372 e. The van der Waals surface area contributed by atoms with Crippen LogP contribution in [0.2, 0.25) is 0 Å². The molecule has 0 saturated heterocycles. The van der Waals surface area contributed by atoms with Gasteiger partial charge in [0.05, 0.1) is 0 Å². The van der Waals surface area contributed by atoms with Crippen LogP contribution in [0.3, 0.4) is 0 Å². The number of hydrogen-bond donors (Lipinski definition) is 1. The molecule has 3 nitrogen and oxygen atoms in total. The van der Waals surface area contributed by atoms with Crippen molar-refractivity contribution in [1.29, 1.82) is 0 Å². The summed E-state index contributed by atoms with van der Waals surface area (Å²) in [5, 5.41) is 2.82. The number of alkyl halides is 1. The zero-order valence-corrected chi connectivity index (χ0v) is 8.69. The lowest BCUT2D eigenvalue weighted by atomic mass is 10.1. The number of hydrogen-bond acceptors (Lipinski definition) is 2. The fraction of sp³-hybridized carbons (Fsp3) is 0.889. The molecule has 0 aromatic carbocycles. The van der Waals surface area contributed by atoms with E-state index in [0.29, 0.717) is 19.0 Å². The van der Waals surface area contributed by atoms with Gasteiger partial charge >= 0.3 is 0 Å². The monoisotopic (exact) mass is 205 g/mol. The van der Waals surface area contributed by atoms with Gasteiger partial charge in [-0.3, -0.25) is 4.79 Å². The first-order chi connectivity index (χ1) is 6.22. The van der Waals surface area contributed by atoms with E-state index < -0.39 is 0 Å². The van der Waals surface area contributed by atoms with Crippen molar-refractivity contribution in [2.75, 3.05) is 25.6 Å². The van der Waals surface area contributed by atoms with Crippen LogP contribution in [-0.2, 0) is 9.53 Å². The molecule has 0 atom stereocenters. The average molecular weight is 206 g/mol. The van der Waals surface area contributed by atoms with Crippen LogP contribution in [0.4, 0.5) is 0 Å². The number of carbonyl (C=O) groups excluding carboxylic acids is 1. The largest absolute Gasteiger partial charge is 0.372 e. The topological polar surface area (TPSA) is 38.3 Å². The van der Waals surface area contributed by atoms with Crippen molar-refractivity contribution in [3.63, 3.8) is 0 Å². The Morgan fingerprint density at radius 3 is 2.77 bits per heavy atom. The summed E-state index contributed by atoms with van der Waals surface area (Å²) in [5.41, 5.74) is 0.198. The first kappa shape index (κ1) is 10.8. The summed E-state index contributed by atoms with van der Waals surface area (Å²) in [7, 11) is 0. The molecule has 4 heteroatoms. The molecule has 0 radical (unpaired) electrons. The zero-order valence-electron chi connectivity index (χ0n) is 7.94. The summed E-state index contributed by atoms with van der Waals surface area (Å²) in [6, 6.07) is 0. The van der Waals surface area contributed by atoms with E-state index in [1.165, 1.54) is 0 Å². The molecule has 1 saturated carbocycles. The summed E-state index contributed by atoms with van der Waals surface area (Å²) in [6.07, 6.45) is 2.26. The van der Waals surface area contributed by atoms with E-state index in [4.69, 9.17) is 16.3 Å². The first-order valence-electron chi connectivity index (χ1n) is 4.63. The molecule has 0 aromatic rings. The molecular weight excluding hydrogens is 190 g/mol. The highest BCUT2D eigenvalue weighted by atomic mass is 35.5. The minimum atomic E-state index is -0.0433. The minimum absolute atomic E-state index is 0.0433. The van der Waals surface area contributed by atoms with Crippen molar-refractivity contribution in [3.8, 4) is 0 Å². The maximum absolute atomic E-state index is 11.1. The smallest absolute Gasteiger partial charge is 0.246 e. The molecule has 0 spiro atoms. The van der Waals surface area contributed by atoms with Gasteiger partial charge in [0, 0.05) is 24.4 Å². The molecular formula is C9H16ClNO2. The summed E-state index contributed by atoms with van der Waals surface area (Å²) in [5.74, 6) is 0.597. The SMILES string of the molecule is CCOCC(=O)NCC1(CCl)CC1. The second kappa shape index (κ2) is 4.82. The van der Waals surface area contributed by atoms with E-state index in [-0.39, 0.29) is 17.9 Å². The molecule has 1 aliphatic rings. The third kappa shape index (κ3) is 3.53. The molecule has 0 heterocycles. The first-order valence-corrected chi connectivity index (χ1v) is 5.16. The predicted molar refractivity (Wildman–Crippen MR) is 51.9 cm³/mol. The van der Waals surface area contributed by atoms with Crippen LogP contribution in [0.1, 0.15) is 19.8 Å². The molecule has 0 bridgehead atoms. The molecule has 1 aliphatic carbocycles. The van der Waals surface area contributed by atoms with Crippen LogP contribution >= 0.6 is 11.6 Å². The Balaban J connectivity index is 2.08. The van der Waals surface area contributed by atoms with Crippen LogP contribution in [0.15, 0.2) is 0 Å². The lowest BCUT2D eigenvalue weighted by molar-refractivity contribution is -0.125. The standard InChI is InChI=1S/C9H16ClNO2/c1-2-13-5-8(12)11-7-9(6-10)3-4-9/h2-7H2,1H3,(H,11,12). The lowest BCUT2D eigenvalue weighted by Gasteiger charge is -2.11. The van der Waals surface area contributed by atoms with Crippen LogP contribution in [-0.4, -0.2) is 31.5 Å². The van der Waals surface area contributed by atoms with Gasteiger partial charge in [0.15, 0.2) is 0 Å². The quantitative estimate of drug-likeness (QED) is 0.661. The van der Waals surface area contributed by atoms with E-state index in [9.17, 15) is 4.79 Å². The van der Waals surface area contributed by atoms with Crippen LogP contribution < -0.4 is 5.32 Å². The third-order valence-corrected chi connectivity index (χ3v) is 2.91. The second-order valence-corrected chi connectivity index (χ2v) is 3.81. The van der Waals surface area contributed by atoms with Crippen molar-refractivity contribution < 1.29 is 9.53 Å². The number of rotatable bonds is 6. The second-order valence-electron chi connectivity index (χ2n) is 3.55. The highest BCUT2D eigenvalue weighted by Crippen LogP contribution is 2.45. The van der Waals surface area contributed by atoms with Crippen molar-refractivity contribution in [1.82, 2.24) is 5.32 Å². The Morgan fingerprint density at radius 2 is 2.31 bits per heavy atom. The normalized spacial score (nSPS) is 18.3. The van der Waals surface area contributed by atoms with Gasteiger partial charge < -0.3 is 10.1 Å². The van der Waals surface area contributed by atoms with Crippen molar-refractivity contribution in [3.05, 3.63) is 0 Å². The predicted octanol–water partition coefficient (Wildman–Crippen LogP) is 1.16. The number of halogens is 1. The summed E-state index contributed by atoms with van der Waals surface area (Å²) >= 11 is 5.76. The summed E-state index contributed by atoms with van der Waals surface area (Å²) < 4.78 is 4.97. The van der Waals surface area contributed by atoms with Gasteiger partial charge in [-0.25, -0.2) is 0 Å². The molecule has 76 valence electrons. The Kier molecular flexibility index (Phi) is 4.00. The van der Waals surface area contributed by atoms with Crippen LogP contribution in [0.5, 0.6) is 0 Å². The van der Waals surface area contributed by atoms with Gasteiger partial charge in [-0.2, -0.15) is 0 Å². The van der Waals surface area contributed by atoms with E-state index in [2.05, 4.69) is 5.32 Å². The highest BCUT2D eigenvalue weighted by Gasteiger charge is 2.41. The van der Waals surface area contributed by atoms with Crippen molar-refractivity contribution in [2.45, 2.75) is 19.8 Å². The molecule has 0 aromatic heterocycles. The average Bonchev–Trinajstić information content (AvgIpc) is 2.92. The zero-order chi connectivity index (χ0) is 9.73. The molecule has 0 aliphatic heterocycles.